The van der Waals surface area contributed by atoms with Crippen molar-refractivity contribution in [2.75, 3.05) is 11.9 Å². The largest absolute Gasteiger partial charge is 0.508 e. The highest BCUT2D eigenvalue weighted by Gasteiger charge is 2.37. The maximum absolute atomic E-state index is 13.8. The SMILES string of the molecule is CCCN(C(=O)C(CC(N)=O)NC(=O)OC(C)(C)C)C(C(=O)Nc1c(C)cccc1Cl)c1ccc(O)cc1. The fourth-order valence-electron chi connectivity index (χ4n) is 3.77. The zero-order valence-corrected chi connectivity index (χ0v) is 23.0. The van der Waals surface area contributed by atoms with E-state index in [9.17, 15) is 24.3 Å². The molecule has 0 heterocycles. The lowest BCUT2D eigenvalue weighted by Crippen LogP contribution is -2.53. The third-order valence-electron chi connectivity index (χ3n) is 5.38. The molecule has 0 saturated heterocycles. The van der Waals surface area contributed by atoms with Gasteiger partial charge in [-0.3, -0.25) is 14.4 Å². The van der Waals surface area contributed by atoms with Crippen LogP contribution in [0.25, 0.3) is 0 Å². The Morgan fingerprint density at radius 1 is 1.11 bits per heavy atom. The van der Waals surface area contributed by atoms with E-state index < -0.39 is 47.9 Å². The van der Waals surface area contributed by atoms with Crippen LogP contribution in [0.15, 0.2) is 42.5 Å². The molecule has 2 rings (SSSR count). The number of alkyl carbamates (subject to hydrolysis) is 1. The smallest absolute Gasteiger partial charge is 0.408 e. The van der Waals surface area contributed by atoms with Crippen molar-refractivity contribution in [3.63, 3.8) is 0 Å². The molecule has 0 aliphatic heterocycles. The molecule has 0 saturated carbocycles. The molecule has 0 spiro atoms. The second-order valence-electron chi connectivity index (χ2n) is 9.82. The van der Waals surface area contributed by atoms with Crippen LogP contribution in [0.4, 0.5) is 10.5 Å². The number of carbonyl (C=O) groups excluding carboxylic acids is 4. The number of amides is 4. The summed E-state index contributed by atoms with van der Waals surface area (Å²) < 4.78 is 5.26. The van der Waals surface area contributed by atoms with Gasteiger partial charge in [-0.15, -0.1) is 0 Å². The van der Waals surface area contributed by atoms with Gasteiger partial charge >= 0.3 is 6.09 Å². The van der Waals surface area contributed by atoms with Gasteiger partial charge in [0.2, 0.25) is 11.8 Å². The number of nitrogens with two attached hydrogens (primary N) is 1. The van der Waals surface area contributed by atoms with Crippen LogP contribution in [0.1, 0.15) is 57.7 Å². The van der Waals surface area contributed by atoms with Crippen molar-refractivity contribution < 1.29 is 29.0 Å². The molecule has 0 radical (unpaired) electrons. The van der Waals surface area contributed by atoms with E-state index in [0.717, 1.165) is 0 Å². The summed E-state index contributed by atoms with van der Waals surface area (Å²) in [6, 6.07) is 8.38. The molecule has 0 aliphatic carbocycles. The molecule has 2 aromatic carbocycles. The number of phenols is 1. The van der Waals surface area contributed by atoms with Gasteiger partial charge in [0.25, 0.3) is 5.91 Å². The van der Waals surface area contributed by atoms with E-state index in [0.29, 0.717) is 28.3 Å². The van der Waals surface area contributed by atoms with Gasteiger partial charge in [0.1, 0.15) is 23.4 Å². The number of aromatic hydroxyl groups is 1. The van der Waals surface area contributed by atoms with Gasteiger partial charge < -0.3 is 31.1 Å². The molecule has 0 fully saturated rings. The number of rotatable bonds is 10. The van der Waals surface area contributed by atoms with Gasteiger partial charge in [-0.25, -0.2) is 4.79 Å². The summed E-state index contributed by atoms with van der Waals surface area (Å²) in [5, 5.41) is 15.3. The van der Waals surface area contributed by atoms with Gasteiger partial charge in [0, 0.05) is 6.54 Å². The van der Waals surface area contributed by atoms with Crippen LogP contribution < -0.4 is 16.4 Å². The number of para-hydroxylation sites is 1. The molecule has 2 unspecified atom stereocenters. The zero-order chi connectivity index (χ0) is 28.6. The maximum atomic E-state index is 13.8. The lowest BCUT2D eigenvalue weighted by atomic mass is 10.0. The van der Waals surface area contributed by atoms with Gasteiger partial charge in [0.05, 0.1) is 17.1 Å². The van der Waals surface area contributed by atoms with Crippen LogP contribution in [-0.2, 0) is 19.1 Å². The Hall–Kier alpha value is -3.79. The third kappa shape index (κ3) is 8.65. The number of ether oxygens (including phenoxy) is 1. The van der Waals surface area contributed by atoms with E-state index in [1.54, 1.807) is 45.9 Å². The van der Waals surface area contributed by atoms with Crippen molar-refractivity contribution in [3.05, 3.63) is 58.6 Å². The van der Waals surface area contributed by atoms with Crippen LogP contribution in [0.2, 0.25) is 5.02 Å². The number of anilines is 1. The van der Waals surface area contributed by atoms with E-state index in [-0.39, 0.29) is 12.3 Å². The van der Waals surface area contributed by atoms with Crippen molar-refractivity contribution in [1.82, 2.24) is 10.2 Å². The molecule has 206 valence electrons. The molecular weight excluding hydrogens is 512 g/mol. The number of benzene rings is 2. The summed E-state index contributed by atoms with van der Waals surface area (Å²) in [6.07, 6.45) is -0.967. The van der Waals surface area contributed by atoms with Crippen molar-refractivity contribution in [3.8, 4) is 5.75 Å². The van der Waals surface area contributed by atoms with Gasteiger partial charge in [0.15, 0.2) is 0 Å². The molecular formula is C27H35ClN4O6. The molecule has 2 aromatic rings. The Labute approximate surface area is 227 Å². The normalized spacial score (nSPS) is 12.7. The molecule has 11 heteroatoms. The van der Waals surface area contributed by atoms with Gasteiger partial charge in [-0.2, -0.15) is 0 Å². The van der Waals surface area contributed by atoms with Crippen molar-refractivity contribution >= 4 is 41.1 Å². The molecule has 4 amide bonds. The Kier molecular flexibility index (Phi) is 10.5. The van der Waals surface area contributed by atoms with Crippen molar-refractivity contribution in [2.45, 2.75) is 65.1 Å². The number of primary amides is 1. The van der Waals surface area contributed by atoms with E-state index >= 15 is 0 Å². The van der Waals surface area contributed by atoms with Crippen LogP contribution >= 0.6 is 11.6 Å². The molecule has 2 atom stereocenters. The first kappa shape index (κ1) is 30.4. The maximum Gasteiger partial charge on any atom is 0.408 e. The first-order chi connectivity index (χ1) is 17.7. The minimum absolute atomic E-state index is 0.0265. The first-order valence-corrected chi connectivity index (χ1v) is 12.5. The minimum Gasteiger partial charge on any atom is -0.508 e. The molecule has 38 heavy (non-hydrogen) atoms. The minimum atomic E-state index is -1.39. The monoisotopic (exact) mass is 546 g/mol. The molecule has 0 bridgehead atoms. The third-order valence-corrected chi connectivity index (χ3v) is 5.70. The Morgan fingerprint density at radius 2 is 1.74 bits per heavy atom. The summed E-state index contributed by atoms with van der Waals surface area (Å²) >= 11 is 6.33. The van der Waals surface area contributed by atoms with E-state index in [4.69, 9.17) is 22.1 Å². The molecule has 10 nitrogen and oxygen atoms in total. The number of carbonyl (C=O) groups is 4. The number of hydrogen-bond acceptors (Lipinski definition) is 6. The fraction of sp³-hybridized carbons (Fsp3) is 0.407. The Bertz CT molecular complexity index is 1140. The molecule has 0 aromatic heterocycles. The molecule has 0 aliphatic rings. The number of phenolic OH excluding ortho intramolecular Hbond substituents is 1. The second-order valence-corrected chi connectivity index (χ2v) is 10.2. The standard InChI is InChI=1S/C27H35ClN4O6/c1-6-14-32(25(36)20(15-21(29)34)30-26(37)38-27(3,4)5)23(17-10-12-18(33)13-11-17)24(35)31-22-16(2)8-7-9-19(22)28/h7-13,20,23,33H,6,14-15H2,1-5H3,(H2,29,34)(H,30,37)(H,31,35). The Balaban J connectivity index is 2.53. The van der Waals surface area contributed by atoms with Crippen LogP contribution in [-0.4, -0.2) is 52.0 Å². The average molecular weight is 547 g/mol. The highest BCUT2D eigenvalue weighted by Crippen LogP contribution is 2.30. The predicted octanol–water partition coefficient (Wildman–Crippen LogP) is 4.04. The Morgan fingerprint density at radius 3 is 2.26 bits per heavy atom. The number of halogens is 1. The predicted molar refractivity (Wildman–Crippen MR) is 145 cm³/mol. The number of nitrogens with one attached hydrogen (secondary N) is 2. The van der Waals surface area contributed by atoms with Crippen molar-refractivity contribution in [1.29, 1.82) is 0 Å². The van der Waals surface area contributed by atoms with Crippen molar-refractivity contribution in [2.24, 2.45) is 5.73 Å². The summed E-state index contributed by atoms with van der Waals surface area (Å²) in [4.78, 5) is 53.2. The van der Waals surface area contributed by atoms with Crippen LogP contribution in [0, 0.1) is 6.92 Å². The quantitative estimate of drug-likeness (QED) is 0.353. The number of nitrogens with zero attached hydrogens (tertiary/aromatic N) is 1. The topological polar surface area (TPSA) is 151 Å². The van der Waals surface area contributed by atoms with Crippen LogP contribution in [0.3, 0.4) is 0 Å². The highest BCUT2D eigenvalue weighted by molar-refractivity contribution is 6.34. The molecule has 5 N–H and O–H groups in total. The van der Waals surface area contributed by atoms with E-state index in [1.807, 2.05) is 6.92 Å². The lowest BCUT2D eigenvalue weighted by Gasteiger charge is -2.34. The summed E-state index contributed by atoms with van der Waals surface area (Å²) in [5.41, 5.74) is 6.01. The van der Waals surface area contributed by atoms with E-state index in [1.165, 1.54) is 29.2 Å². The zero-order valence-electron chi connectivity index (χ0n) is 22.2. The summed E-state index contributed by atoms with van der Waals surface area (Å²) in [5.74, 6) is -2.14. The summed E-state index contributed by atoms with van der Waals surface area (Å²) in [6.45, 7) is 8.66. The number of aryl methyl sites for hydroxylation is 1. The average Bonchev–Trinajstić information content (AvgIpc) is 2.80. The highest BCUT2D eigenvalue weighted by atomic mass is 35.5. The second kappa shape index (κ2) is 13.1. The van der Waals surface area contributed by atoms with Gasteiger partial charge in [-0.05, 0) is 63.4 Å². The summed E-state index contributed by atoms with van der Waals surface area (Å²) in [7, 11) is 0. The lowest BCUT2D eigenvalue weighted by molar-refractivity contribution is -0.141. The number of hydrogen-bond donors (Lipinski definition) is 4. The van der Waals surface area contributed by atoms with Gasteiger partial charge in [-0.1, -0.05) is 42.8 Å². The van der Waals surface area contributed by atoms with E-state index in [2.05, 4.69) is 10.6 Å². The first-order valence-electron chi connectivity index (χ1n) is 12.2. The van der Waals surface area contributed by atoms with Crippen LogP contribution in [0.5, 0.6) is 5.75 Å². The fourth-order valence-corrected chi connectivity index (χ4v) is 4.04.